The average molecular weight is 289 g/mol. The van der Waals surface area contributed by atoms with E-state index in [4.69, 9.17) is 5.11 Å². The Kier molecular flexibility index (Phi) is 5.08. The van der Waals surface area contributed by atoms with Crippen molar-refractivity contribution in [3.05, 3.63) is 5.82 Å². The number of aromatic nitrogens is 2. The minimum Gasteiger partial charge on any atom is -0.480 e. The topological polar surface area (TPSA) is 69.6 Å². The summed E-state index contributed by atoms with van der Waals surface area (Å²) in [5.41, 5.74) is 0. The molecule has 1 N–H and O–H groups in total. The van der Waals surface area contributed by atoms with Crippen LogP contribution in [0.2, 0.25) is 0 Å². The van der Waals surface area contributed by atoms with Crippen LogP contribution >= 0.6 is 11.5 Å². The number of anilines is 1. The molecule has 0 aromatic carbocycles. The second-order valence-corrected chi connectivity index (χ2v) is 5.95. The average Bonchev–Trinajstić information content (AvgIpc) is 2.75. The van der Waals surface area contributed by atoms with Gasteiger partial charge in [0.1, 0.15) is 11.9 Å². The van der Waals surface area contributed by atoms with E-state index >= 15 is 0 Å². The van der Waals surface area contributed by atoms with Crippen LogP contribution in [-0.4, -0.2) is 75.9 Å². The predicted molar refractivity (Wildman–Crippen MR) is 78.4 cm³/mol. The van der Waals surface area contributed by atoms with Crippen LogP contribution in [0.15, 0.2) is 0 Å². The van der Waals surface area contributed by atoms with Gasteiger partial charge in [0.25, 0.3) is 0 Å². The summed E-state index contributed by atoms with van der Waals surface area (Å²) in [6, 6.07) is 0.167. The van der Waals surface area contributed by atoms with Gasteiger partial charge in [-0.25, -0.2) is 4.98 Å². The van der Waals surface area contributed by atoms with Crippen LogP contribution in [-0.2, 0) is 4.79 Å². The third-order valence-electron chi connectivity index (χ3n) is 4.07. The van der Waals surface area contributed by atoms with Gasteiger partial charge in [0.2, 0.25) is 5.13 Å². The first-order valence-corrected chi connectivity index (χ1v) is 7.46. The van der Waals surface area contributed by atoms with Gasteiger partial charge in [-0.3, -0.25) is 9.69 Å². The van der Waals surface area contributed by atoms with Crippen molar-refractivity contribution >= 4 is 41.5 Å². The Balaban J connectivity index is 0.00000147. The van der Waals surface area contributed by atoms with Crippen LogP contribution in [0.3, 0.4) is 0 Å². The van der Waals surface area contributed by atoms with Crippen LogP contribution in [0, 0.1) is 6.92 Å². The van der Waals surface area contributed by atoms with E-state index in [1.54, 1.807) is 0 Å². The number of carboxylic acids is 1. The normalized spacial score (nSPS) is 24.1. The molecule has 0 aliphatic carbocycles. The van der Waals surface area contributed by atoms with Gasteiger partial charge in [0.05, 0.1) is 0 Å². The number of carbonyl (C=O) groups is 1. The molecule has 2 saturated heterocycles. The molecule has 2 aliphatic rings. The third-order valence-corrected chi connectivity index (χ3v) is 4.94. The van der Waals surface area contributed by atoms with Crippen molar-refractivity contribution in [3.63, 3.8) is 0 Å². The van der Waals surface area contributed by atoms with Crippen LogP contribution in [0.1, 0.15) is 25.1 Å². The summed E-state index contributed by atoms with van der Waals surface area (Å²) >= 11 is 1.45. The van der Waals surface area contributed by atoms with Gasteiger partial charge >= 0.3 is 5.97 Å². The molecular weight excluding hydrogens is 271 g/mol. The fourth-order valence-electron chi connectivity index (χ4n) is 2.91. The Labute approximate surface area is 134 Å². The van der Waals surface area contributed by atoms with E-state index in [0.717, 1.165) is 49.9 Å². The second kappa shape index (κ2) is 6.44. The number of likely N-dealkylation sites (tertiary alicyclic amines) is 1. The van der Waals surface area contributed by atoms with E-state index in [1.807, 2.05) is 6.92 Å². The van der Waals surface area contributed by atoms with Gasteiger partial charge in [0, 0.05) is 56.1 Å². The molecule has 2 fully saturated rings. The first kappa shape index (κ1) is 15.8. The molecule has 1 radical (unpaired) electrons. The predicted octanol–water partition coefficient (Wildman–Crippen LogP) is 0.593. The molecule has 6 nitrogen and oxygen atoms in total. The van der Waals surface area contributed by atoms with E-state index in [2.05, 4.69) is 19.2 Å². The van der Waals surface area contributed by atoms with Crippen molar-refractivity contribution < 1.29 is 9.90 Å². The molecule has 3 heterocycles. The number of rotatable bonds is 3. The molecule has 0 spiro atoms. The molecule has 20 heavy (non-hydrogen) atoms. The van der Waals surface area contributed by atoms with E-state index < -0.39 is 5.97 Å². The van der Waals surface area contributed by atoms with Crippen molar-refractivity contribution in [3.8, 4) is 0 Å². The Morgan fingerprint density at radius 1 is 1.30 bits per heavy atom. The zero-order valence-corrected chi connectivity index (χ0v) is 12.8. The summed E-state index contributed by atoms with van der Waals surface area (Å²) in [5, 5.41) is 10.1. The maximum atomic E-state index is 11.1. The summed E-state index contributed by atoms with van der Waals surface area (Å²) in [5.74, 6) is 0.157. The standard InChI is InChI=1S/C12H18N4O2S.Li/c1-8-13-12(19-14-8)15-5-2-9(3-6-15)16-7-4-10(16)11(17)18;/h9-10H,2-7H2,1H3,(H,17,18);. The minimum atomic E-state index is -0.673. The molecule has 1 atom stereocenters. The largest absolute Gasteiger partial charge is 0.480 e. The number of aliphatic carboxylic acids is 1. The molecule has 2 aliphatic heterocycles. The Morgan fingerprint density at radius 2 is 2.00 bits per heavy atom. The summed E-state index contributed by atoms with van der Waals surface area (Å²) in [6.07, 6.45) is 2.83. The molecule has 105 valence electrons. The van der Waals surface area contributed by atoms with Crippen LogP contribution in [0.25, 0.3) is 0 Å². The van der Waals surface area contributed by atoms with Crippen molar-refractivity contribution in [2.75, 3.05) is 24.5 Å². The molecule has 1 aromatic rings. The number of hydrogen-bond acceptors (Lipinski definition) is 6. The quantitative estimate of drug-likeness (QED) is 0.822. The van der Waals surface area contributed by atoms with Crippen LogP contribution in [0.5, 0.6) is 0 Å². The molecular formula is C12H18LiN4O2S. The Hall–Kier alpha value is -0.613. The van der Waals surface area contributed by atoms with Gasteiger partial charge in [-0.15, -0.1) is 0 Å². The van der Waals surface area contributed by atoms with Crippen molar-refractivity contribution in [2.45, 2.75) is 38.3 Å². The summed E-state index contributed by atoms with van der Waals surface area (Å²) < 4.78 is 4.21. The first-order chi connectivity index (χ1) is 9.15. The van der Waals surface area contributed by atoms with E-state index in [-0.39, 0.29) is 24.9 Å². The zero-order chi connectivity index (χ0) is 13.4. The smallest absolute Gasteiger partial charge is 0.320 e. The third kappa shape index (κ3) is 3.01. The Bertz CT molecular complexity index is 476. The molecule has 1 aromatic heterocycles. The molecule has 0 bridgehead atoms. The maximum absolute atomic E-state index is 11.1. The fraction of sp³-hybridized carbons (Fsp3) is 0.750. The van der Waals surface area contributed by atoms with Gasteiger partial charge in [-0.2, -0.15) is 4.37 Å². The number of hydrogen-bond donors (Lipinski definition) is 1. The maximum Gasteiger partial charge on any atom is 0.320 e. The SMILES string of the molecule is Cc1nsc(N2CCC(N3CCC3C(=O)O)CC2)n1.[Li]. The fourth-order valence-corrected chi connectivity index (χ4v) is 3.64. The van der Waals surface area contributed by atoms with Gasteiger partial charge in [-0.05, 0) is 26.2 Å². The zero-order valence-electron chi connectivity index (χ0n) is 11.9. The summed E-state index contributed by atoms with van der Waals surface area (Å²) in [6.45, 7) is 4.73. The van der Waals surface area contributed by atoms with E-state index in [0.29, 0.717) is 6.04 Å². The monoisotopic (exact) mass is 289 g/mol. The van der Waals surface area contributed by atoms with Gasteiger partial charge in [0.15, 0.2) is 0 Å². The van der Waals surface area contributed by atoms with Crippen LogP contribution in [0.4, 0.5) is 5.13 Å². The van der Waals surface area contributed by atoms with Crippen molar-refractivity contribution in [1.29, 1.82) is 0 Å². The van der Waals surface area contributed by atoms with Crippen molar-refractivity contribution in [1.82, 2.24) is 14.3 Å². The number of nitrogens with zero attached hydrogens (tertiary/aromatic N) is 4. The van der Waals surface area contributed by atoms with Crippen molar-refractivity contribution in [2.24, 2.45) is 0 Å². The summed E-state index contributed by atoms with van der Waals surface area (Å²) in [7, 11) is 0. The molecule has 0 amide bonds. The molecule has 0 saturated carbocycles. The Morgan fingerprint density at radius 3 is 2.45 bits per heavy atom. The van der Waals surface area contributed by atoms with E-state index in [9.17, 15) is 4.79 Å². The number of aryl methyl sites for hydroxylation is 1. The molecule has 3 rings (SSSR count). The van der Waals surface area contributed by atoms with Gasteiger partial charge < -0.3 is 10.0 Å². The molecule has 8 heteroatoms. The molecule has 1 unspecified atom stereocenters. The first-order valence-electron chi connectivity index (χ1n) is 6.69. The van der Waals surface area contributed by atoms with Gasteiger partial charge in [-0.1, -0.05) is 0 Å². The summed E-state index contributed by atoms with van der Waals surface area (Å²) in [4.78, 5) is 19.9. The number of piperidine rings is 1. The number of carboxylic acid groups (broad SMARTS) is 1. The van der Waals surface area contributed by atoms with E-state index in [1.165, 1.54) is 11.5 Å². The second-order valence-electron chi connectivity index (χ2n) is 5.22. The van der Waals surface area contributed by atoms with Crippen LogP contribution < -0.4 is 4.90 Å². The minimum absolute atomic E-state index is 0.